The minimum atomic E-state index is -0.588. The molecule has 2 bridgehead atoms. The van der Waals surface area contributed by atoms with Crippen molar-refractivity contribution in [2.75, 3.05) is 18.8 Å². The summed E-state index contributed by atoms with van der Waals surface area (Å²) in [5.41, 5.74) is 21.0. The summed E-state index contributed by atoms with van der Waals surface area (Å²) in [6.07, 6.45) is 6.54. The number of pyridine rings is 2. The monoisotopic (exact) mass is 409 g/mol. The average molecular weight is 409 g/mol. The SMILES string of the molecule is CCN=C1C(=CN)CN=C(C=CN)c2ncc(F)cc2C(C)Oc2cc1cnc2N. The highest BCUT2D eigenvalue weighted by Gasteiger charge is 2.21. The fourth-order valence-corrected chi connectivity index (χ4v) is 3.12. The maximum atomic E-state index is 14.0. The van der Waals surface area contributed by atoms with Crippen molar-refractivity contribution in [3.63, 3.8) is 0 Å². The van der Waals surface area contributed by atoms with Crippen LogP contribution >= 0.6 is 0 Å². The Hall–Kier alpha value is -3.75. The first-order valence-corrected chi connectivity index (χ1v) is 9.45. The van der Waals surface area contributed by atoms with Crippen LogP contribution in [0, 0.1) is 5.82 Å². The number of allylic oxidation sites excluding steroid dienone is 1. The van der Waals surface area contributed by atoms with Gasteiger partial charge in [-0.3, -0.25) is 15.0 Å². The van der Waals surface area contributed by atoms with Crippen LogP contribution in [0.5, 0.6) is 5.75 Å². The molecule has 3 rings (SSSR count). The summed E-state index contributed by atoms with van der Waals surface area (Å²) in [6.45, 7) is 4.44. The van der Waals surface area contributed by atoms with E-state index < -0.39 is 11.9 Å². The second-order valence-corrected chi connectivity index (χ2v) is 6.53. The molecule has 30 heavy (non-hydrogen) atoms. The summed E-state index contributed by atoms with van der Waals surface area (Å²) < 4.78 is 20.1. The molecule has 1 unspecified atom stereocenters. The van der Waals surface area contributed by atoms with E-state index in [-0.39, 0.29) is 12.4 Å². The van der Waals surface area contributed by atoms with Crippen molar-refractivity contribution in [1.82, 2.24) is 9.97 Å². The fourth-order valence-electron chi connectivity index (χ4n) is 3.12. The first-order valence-electron chi connectivity index (χ1n) is 9.45. The largest absolute Gasteiger partial charge is 0.482 e. The molecule has 0 aliphatic carbocycles. The van der Waals surface area contributed by atoms with Crippen molar-refractivity contribution >= 4 is 17.2 Å². The normalized spacial score (nSPS) is 19.7. The molecule has 156 valence electrons. The molecule has 1 atom stereocenters. The predicted molar refractivity (Wildman–Crippen MR) is 116 cm³/mol. The molecular weight excluding hydrogens is 385 g/mol. The zero-order valence-corrected chi connectivity index (χ0v) is 16.8. The van der Waals surface area contributed by atoms with Gasteiger partial charge in [0.15, 0.2) is 11.6 Å². The van der Waals surface area contributed by atoms with Gasteiger partial charge in [-0.05, 0) is 38.3 Å². The van der Waals surface area contributed by atoms with Gasteiger partial charge < -0.3 is 21.9 Å². The number of rotatable bonds is 2. The number of fused-ring (bicyclic) bond motifs is 3. The lowest BCUT2D eigenvalue weighted by molar-refractivity contribution is 0.226. The maximum Gasteiger partial charge on any atom is 0.166 e. The molecule has 0 aromatic carbocycles. The number of anilines is 1. The van der Waals surface area contributed by atoms with Crippen LogP contribution in [0.25, 0.3) is 0 Å². The molecule has 6 N–H and O–H groups in total. The lowest BCUT2D eigenvalue weighted by Crippen LogP contribution is -2.18. The number of nitrogens with zero attached hydrogens (tertiary/aromatic N) is 4. The van der Waals surface area contributed by atoms with Gasteiger partial charge in [-0.15, -0.1) is 0 Å². The van der Waals surface area contributed by atoms with Crippen LogP contribution in [0.2, 0.25) is 0 Å². The molecule has 0 spiro atoms. The summed E-state index contributed by atoms with van der Waals surface area (Å²) >= 11 is 0. The Morgan fingerprint density at radius 2 is 2.07 bits per heavy atom. The van der Waals surface area contributed by atoms with Gasteiger partial charge in [-0.25, -0.2) is 9.37 Å². The van der Waals surface area contributed by atoms with Crippen LogP contribution in [-0.2, 0) is 0 Å². The first-order chi connectivity index (χ1) is 14.5. The van der Waals surface area contributed by atoms with Gasteiger partial charge in [0.05, 0.1) is 29.9 Å². The van der Waals surface area contributed by atoms with Crippen molar-refractivity contribution in [3.05, 3.63) is 71.2 Å². The first kappa shape index (κ1) is 21.0. The zero-order valence-electron chi connectivity index (χ0n) is 16.8. The van der Waals surface area contributed by atoms with E-state index in [1.165, 1.54) is 18.5 Å². The van der Waals surface area contributed by atoms with Gasteiger partial charge in [0, 0.05) is 35.6 Å². The van der Waals surface area contributed by atoms with Crippen molar-refractivity contribution in [2.24, 2.45) is 21.5 Å². The van der Waals surface area contributed by atoms with Gasteiger partial charge in [0.1, 0.15) is 11.9 Å². The molecule has 2 aromatic heterocycles. The van der Waals surface area contributed by atoms with Crippen molar-refractivity contribution in [3.8, 4) is 5.75 Å². The summed E-state index contributed by atoms with van der Waals surface area (Å²) in [5.74, 6) is 0.0642. The van der Waals surface area contributed by atoms with Gasteiger partial charge >= 0.3 is 0 Å². The van der Waals surface area contributed by atoms with E-state index in [4.69, 9.17) is 21.9 Å². The fraction of sp³-hybridized carbons (Fsp3) is 0.238. The number of hydrogen-bond donors (Lipinski definition) is 3. The molecule has 0 radical (unpaired) electrons. The Kier molecular flexibility index (Phi) is 6.41. The second-order valence-electron chi connectivity index (χ2n) is 6.53. The Balaban J connectivity index is 2.28. The lowest BCUT2D eigenvalue weighted by Gasteiger charge is -2.21. The Bertz CT molecular complexity index is 1060. The van der Waals surface area contributed by atoms with Gasteiger partial charge in [-0.2, -0.15) is 0 Å². The Morgan fingerprint density at radius 1 is 1.27 bits per heavy atom. The molecule has 0 fully saturated rings. The highest BCUT2D eigenvalue weighted by molar-refractivity contribution is 6.14. The maximum absolute atomic E-state index is 14.0. The van der Waals surface area contributed by atoms with Crippen LogP contribution in [0.4, 0.5) is 10.2 Å². The standard InChI is InChI=1S/C21H24FN7O/c1-3-26-19-13-6-18(21(25)29-9-13)30-12(2)16-7-15(22)11-28-20(16)17(4-5-23)27-10-14(19)8-24/h4-9,11-12H,3,10,23-24H2,1-2H3,(H2,25,29). The van der Waals surface area contributed by atoms with E-state index in [1.807, 2.05) is 6.92 Å². The smallest absolute Gasteiger partial charge is 0.166 e. The number of nitrogen functional groups attached to an aromatic ring is 1. The van der Waals surface area contributed by atoms with Crippen LogP contribution in [0.1, 0.15) is 36.8 Å². The van der Waals surface area contributed by atoms with Crippen LogP contribution in [-0.4, -0.2) is 34.5 Å². The van der Waals surface area contributed by atoms with E-state index in [2.05, 4.69) is 20.0 Å². The third kappa shape index (κ3) is 4.29. The highest BCUT2D eigenvalue weighted by Crippen LogP contribution is 2.30. The van der Waals surface area contributed by atoms with E-state index in [1.54, 1.807) is 25.3 Å². The molecule has 1 aliphatic rings. The lowest BCUT2D eigenvalue weighted by atomic mass is 10.0. The minimum Gasteiger partial charge on any atom is -0.482 e. The molecule has 0 saturated carbocycles. The molecule has 8 nitrogen and oxygen atoms in total. The average Bonchev–Trinajstić information content (AvgIpc) is 2.73. The summed E-state index contributed by atoms with van der Waals surface area (Å²) in [4.78, 5) is 17.7. The summed E-state index contributed by atoms with van der Waals surface area (Å²) in [5, 5.41) is 0. The van der Waals surface area contributed by atoms with Crippen molar-refractivity contribution < 1.29 is 9.13 Å². The summed E-state index contributed by atoms with van der Waals surface area (Å²) in [6, 6.07) is 3.10. The van der Waals surface area contributed by atoms with Gasteiger partial charge in [-0.1, -0.05) is 0 Å². The van der Waals surface area contributed by atoms with E-state index in [0.717, 1.165) is 6.20 Å². The van der Waals surface area contributed by atoms with E-state index in [0.29, 0.717) is 46.1 Å². The summed E-state index contributed by atoms with van der Waals surface area (Å²) in [7, 11) is 0. The van der Waals surface area contributed by atoms with Crippen molar-refractivity contribution in [2.45, 2.75) is 20.0 Å². The molecular formula is C21H24FN7O. The van der Waals surface area contributed by atoms with Crippen LogP contribution in [0.3, 0.4) is 0 Å². The molecule has 9 heteroatoms. The molecule has 0 saturated heterocycles. The Labute approximate surface area is 174 Å². The van der Waals surface area contributed by atoms with Gasteiger partial charge in [0.25, 0.3) is 0 Å². The third-order valence-corrected chi connectivity index (χ3v) is 4.52. The van der Waals surface area contributed by atoms with Crippen LogP contribution < -0.4 is 21.9 Å². The number of nitrogens with two attached hydrogens (primary N) is 3. The van der Waals surface area contributed by atoms with Crippen LogP contribution in [0.15, 0.2) is 58.6 Å². The minimum absolute atomic E-state index is 0.207. The molecule has 1 aliphatic heterocycles. The molecule has 3 heterocycles. The number of hydrogen-bond acceptors (Lipinski definition) is 8. The highest BCUT2D eigenvalue weighted by atomic mass is 19.1. The topological polar surface area (TPSA) is 138 Å². The third-order valence-electron chi connectivity index (χ3n) is 4.52. The predicted octanol–water partition coefficient (Wildman–Crippen LogP) is 2.26. The zero-order chi connectivity index (χ0) is 21.7. The number of ether oxygens (including phenoxy) is 1. The second kappa shape index (κ2) is 9.17. The van der Waals surface area contributed by atoms with E-state index in [9.17, 15) is 4.39 Å². The number of halogens is 1. The Morgan fingerprint density at radius 3 is 2.77 bits per heavy atom. The van der Waals surface area contributed by atoms with Gasteiger partial charge in [0.2, 0.25) is 0 Å². The molecule has 2 aromatic rings. The number of aromatic nitrogens is 2. The number of aliphatic imine (C=N–C) groups is 2. The molecule has 0 amide bonds. The van der Waals surface area contributed by atoms with E-state index >= 15 is 0 Å². The quantitative estimate of drug-likeness (QED) is 0.695. The van der Waals surface area contributed by atoms with Crippen molar-refractivity contribution in [1.29, 1.82) is 0 Å².